The molecule has 1 unspecified atom stereocenters. The molecule has 1 fully saturated rings. The van der Waals surface area contributed by atoms with Gasteiger partial charge in [0.1, 0.15) is 17.6 Å². The normalized spacial score (nSPS) is 21.3. The van der Waals surface area contributed by atoms with Gasteiger partial charge >= 0.3 is 5.97 Å². The number of hydrogen-bond donors (Lipinski definition) is 0. The summed E-state index contributed by atoms with van der Waals surface area (Å²) in [7, 11) is 0. The first-order chi connectivity index (χ1) is 13.3. The molecule has 0 saturated heterocycles. The number of allylic oxidation sites excluding steroid dienone is 2. The molecular weight excluding hydrogens is 374 g/mol. The first-order valence-corrected chi connectivity index (χ1v) is 9.47. The number of esters is 1. The molecule has 0 radical (unpaired) electrons. The summed E-state index contributed by atoms with van der Waals surface area (Å²) in [6.07, 6.45) is 0.883. The number of ether oxygens (including phenoxy) is 2. The topological polar surface area (TPSA) is 59.3 Å². The number of para-hydroxylation sites is 1. The molecule has 0 N–H and O–H groups in total. The van der Waals surface area contributed by atoms with E-state index in [4.69, 9.17) is 21.1 Å². The van der Waals surface area contributed by atoms with Crippen molar-refractivity contribution in [1.82, 2.24) is 0 Å². The van der Waals surface area contributed by atoms with Crippen LogP contribution >= 0.6 is 11.6 Å². The number of carbonyl (C=O) groups is 1. The summed E-state index contributed by atoms with van der Waals surface area (Å²) in [5.41, 5.74) is 0.342. The summed E-state index contributed by atoms with van der Waals surface area (Å²) in [6.45, 7) is 5.78. The fraction of sp³-hybridized carbons (Fsp3) is 0.304. The molecule has 0 bridgehead atoms. The Kier molecular flexibility index (Phi) is 5.76. The minimum absolute atomic E-state index is 0.0181. The van der Waals surface area contributed by atoms with Gasteiger partial charge in [-0.1, -0.05) is 61.9 Å². The molecular formula is C23H22ClNO3. The minimum atomic E-state index is -0.995. The molecule has 1 aliphatic carbocycles. The summed E-state index contributed by atoms with van der Waals surface area (Å²) in [4.78, 5) is 12.7. The zero-order chi connectivity index (χ0) is 20.3. The highest BCUT2D eigenvalue weighted by Gasteiger charge is 2.61. The third-order valence-electron chi connectivity index (χ3n) is 5.06. The van der Waals surface area contributed by atoms with Crippen LogP contribution in [0, 0.1) is 28.6 Å². The molecule has 0 spiro atoms. The maximum absolute atomic E-state index is 12.7. The van der Waals surface area contributed by atoms with E-state index in [2.05, 4.69) is 6.07 Å². The van der Waals surface area contributed by atoms with E-state index in [0.29, 0.717) is 22.1 Å². The third kappa shape index (κ3) is 4.37. The molecule has 5 heteroatoms. The maximum Gasteiger partial charge on any atom is 0.311 e. The Hall–Kier alpha value is -2.77. The fourth-order valence-electron chi connectivity index (χ4n) is 3.41. The quantitative estimate of drug-likeness (QED) is 0.562. The summed E-state index contributed by atoms with van der Waals surface area (Å²) < 4.78 is 11.3. The van der Waals surface area contributed by atoms with Crippen LogP contribution in [0.4, 0.5) is 0 Å². The zero-order valence-electron chi connectivity index (χ0n) is 16.1. The monoisotopic (exact) mass is 395 g/mol. The second kappa shape index (κ2) is 8.08. The van der Waals surface area contributed by atoms with E-state index >= 15 is 0 Å². The summed E-state index contributed by atoms with van der Waals surface area (Å²) in [6, 6.07) is 18.4. The molecule has 3 atom stereocenters. The molecule has 0 aromatic heterocycles. The van der Waals surface area contributed by atoms with E-state index in [1.807, 2.05) is 50.3 Å². The number of rotatable bonds is 6. The first kappa shape index (κ1) is 20.0. The summed E-state index contributed by atoms with van der Waals surface area (Å²) in [5.74, 6) is 0.594. The van der Waals surface area contributed by atoms with Gasteiger partial charge in [-0.15, -0.1) is 0 Å². The van der Waals surface area contributed by atoms with Gasteiger partial charge in [-0.05, 0) is 42.5 Å². The highest BCUT2D eigenvalue weighted by molar-refractivity contribution is 6.29. The molecule has 2 aromatic carbocycles. The van der Waals surface area contributed by atoms with E-state index in [9.17, 15) is 10.1 Å². The Morgan fingerprint density at radius 3 is 2.50 bits per heavy atom. The SMILES string of the molecule is C/C(Cl)=C/[C@@H]1[C@H](C(=O)OC(C#N)c2cccc(Oc3ccccc3)c2)C1(C)C. The molecule has 144 valence electrons. The first-order valence-electron chi connectivity index (χ1n) is 9.10. The van der Waals surface area contributed by atoms with Gasteiger partial charge in [-0.2, -0.15) is 5.26 Å². The summed E-state index contributed by atoms with van der Waals surface area (Å²) in [5, 5.41) is 10.2. The molecule has 2 aromatic rings. The Labute approximate surface area is 170 Å². The van der Waals surface area contributed by atoms with Gasteiger partial charge in [-0.25, -0.2) is 0 Å². The van der Waals surface area contributed by atoms with Crippen LogP contribution in [0.15, 0.2) is 65.7 Å². The van der Waals surface area contributed by atoms with E-state index in [1.165, 1.54) is 0 Å². The standard InChI is InChI=1S/C23H22ClNO3/c1-15(24)12-19-21(23(19,2)3)22(26)28-20(14-25)16-8-7-11-18(13-16)27-17-9-5-4-6-10-17/h4-13,19-21H,1-3H3/b15-12-/t19-,20?,21-/m1/s1. The van der Waals surface area contributed by atoms with Crippen LogP contribution in [0.3, 0.4) is 0 Å². The van der Waals surface area contributed by atoms with Gasteiger partial charge in [0.15, 0.2) is 0 Å². The average Bonchev–Trinajstić information content (AvgIpc) is 3.20. The predicted molar refractivity (Wildman–Crippen MR) is 108 cm³/mol. The van der Waals surface area contributed by atoms with Gasteiger partial charge in [-0.3, -0.25) is 4.79 Å². The van der Waals surface area contributed by atoms with Crippen molar-refractivity contribution in [2.45, 2.75) is 26.9 Å². The van der Waals surface area contributed by atoms with Crippen molar-refractivity contribution >= 4 is 17.6 Å². The molecule has 28 heavy (non-hydrogen) atoms. The van der Waals surface area contributed by atoms with Crippen molar-refractivity contribution in [3.05, 3.63) is 71.3 Å². The molecule has 1 aliphatic rings. The molecule has 3 rings (SSSR count). The number of carbonyl (C=O) groups excluding carboxylic acids is 1. The smallest absolute Gasteiger partial charge is 0.311 e. The van der Waals surface area contributed by atoms with E-state index < -0.39 is 6.10 Å². The van der Waals surface area contributed by atoms with Crippen molar-refractivity contribution in [2.24, 2.45) is 17.3 Å². The Bertz CT molecular complexity index is 926. The van der Waals surface area contributed by atoms with Crippen LogP contribution in [0.1, 0.15) is 32.4 Å². The van der Waals surface area contributed by atoms with E-state index in [0.717, 1.165) is 0 Å². The third-order valence-corrected chi connectivity index (χ3v) is 5.19. The molecule has 4 nitrogen and oxygen atoms in total. The van der Waals surface area contributed by atoms with Crippen molar-refractivity contribution in [3.8, 4) is 17.6 Å². The fourth-order valence-corrected chi connectivity index (χ4v) is 3.55. The number of nitriles is 1. The van der Waals surface area contributed by atoms with Crippen molar-refractivity contribution in [1.29, 1.82) is 5.26 Å². The van der Waals surface area contributed by atoms with E-state index in [1.54, 1.807) is 31.2 Å². The lowest BCUT2D eigenvalue weighted by molar-refractivity contribution is -0.149. The lowest BCUT2D eigenvalue weighted by Crippen LogP contribution is -2.14. The molecule has 0 aliphatic heterocycles. The Morgan fingerprint density at radius 1 is 1.18 bits per heavy atom. The van der Waals surface area contributed by atoms with Crippen LogP contribution in [0.25, 0.3) is 0 Å². The summed E-state index contributed by atoms with van der Waals surface area (Å²) >= 11 is 5.97. The van der Waals surface area contributed by atoms with Crippen LogP contribution in [-0.4, -0.2) is 5.97 Å². The average molecular weight is 396 g/mol. The van der Waals surface area contributed by atoms with Crippen molar-refractivity contribution in [3.63, 3.8) is 0 Å². The highest BCUT2D eigenvalue weighted by atomic mass is 35.5. The van der Waals surface area contributed by atoms with Crippen LogP contribution in [0.5, 0.6) is 11.5 Å². The Morgan fingerprint density at radius 2 is 1.86 bits per heavy atom. The van der Waals surface area contributed by atoms with Gasteiger partial charge in [0, 0.05) is 10.6 Å². The zero-order valence-corrected chi connectivity index (χ0v) is 16.8. The van der Waals surface area contributed by atoms with E-state index in [-0.39, 0.29) is 23.2 Å². The number of hydrogen-bond acceptors (Lipinski definition) is 4. The van der Waals surface area contributed by atoms with Gasteiger partial charge in [0.2, 0.25) is 6.10 Å². The lowest BCUT2D eigenvalue weighted by atomic mass is 10.1. The lowest BCUT2D eigenvalue weighted by Gasteiger charge is -2.13. The van der Waals surface area contributed by atoms with Gasteiger partial charge in [0.05, 0.1) is 5.92 Å². The number of halogens is 1. The molecule has 0 heterocycles. The maximum atomic E-state index is 12.7. The minimum Gasteiger partial charge on any atom is -0.457 e. The van der Waals surface area contributed by atoms with Crippen molar-refractivity contribution in [2.75, 3.05) is 0 Å². The second-order valence-electron chi connectivity index (χ2n) is 7.51. The predicted octanol–water partition coefficient (Wildman–Crippen LogP) is 6.00. The second-order valence-corrected chi connectivity index (χ2v) is 8.11. The number of nitrogens with zero attached hydrogens (tertiary/aromatic N) is 1. The van der Waals surface area contributed by atoms with Crippen LogP contribution < -0.4 is 4.74 Å². The van der Waals surface area contributed by atoms with Crippen molar-refractivity contribution < 1.29 is 14.3 Å². The number of benzene rings is 2. The van der Waals surface area contributed by atoms with Crippen LogP contribution in [-0.2, 0) is 9.53 Å². The highest BCUT2D eigenvalue weighted by Crippen LogP contribution is 2.60. The molecule has 0 amide bonds. The Balaban J connectivity index is 1.72. The largest absolute Gasteiger partial charge is 0.457 e. The van der Waals surface area contributed by atoms with Crippen LogP contribution in [0.2, 0.25) is 0 Å². The van der Waals surface area contributed by atoms with Gasteiger partial charge in [0.25, 0.3) is 0 Å². The molecule has 1 saturated carbocycles. The van der Waals surface area contributed by atoms with Gasteiger partial charge < -0.3 is 9.47 Å².